The largest absolute Gasteiger partial charge is 0.506 e. The van der Waals surface area contributed by atoms with Gasteiger partial charge in [-0.05, 0) is 44.0 Å². The number of nitrogens with zero attached hydrogens (tertiary/aromatic N) is 1. The molecule has 1 aliphatic heterocycles. The zero-order valence-electron chi connectivity index (χ0n) is 11.3. The molecule has 0 amide bonds. The number of hydrogen-bond acceptors (Lipinski definition) is 2. The van der Waals surface area contributed by atoms with E-state index in [1.54, 1.807) is 12.1 Å². The summed E-state index contributed by atoms with van der Waals surface area (Å²) in [7, 11) is 0. The van der Waals surface area contributed by atoms with E-state index in [9.17, 15) is 5.11 Å². The first-order valence-corrected chi connectivity index (χ1v) is 7.75. The summed E-state index contributed by atoms with van der Waals surface area (Å²) in [5.41, 5.74) is 0.825. The van der Waals surface area contributed by atoms with Gasteiger partial charge in [0.2, 0.25) is 0 Å². The molecule has 0 aromatic heterocycles. The lowest BCUT2D eigenvalue weighted by molar-refractivity contribution is 0.170. The lowest BCUT2D eigenvalue weighted by atomic mass is 9.92. The minimum absolute atomic E-state index is 0.168. The Labute approximate surface area is 125 Å². The number of rotatable bonds is 4. The molecule has 0 atom stereocenters. The van der Waals surface area contributed by atoms with E-state index in [4.69, 9.17) is 23.2 Å². The van der Waals surface area contributed by atoms with Gasteiger partial charge in [0.25, 0.3) is 0 Å². The number of piperidine rings is 1. The number of phenolic OH excluding ortho intramolecular Hbond substituents is 1. The van der Waals surface area contributed by atoms with E-state index in [0.29, 0.717) is 10.0 Å². The Morgan fingerprint density at radius 1 is 1.26 bits per heavy atom. The molecule has 2 nitrogen and oxygen atoms in total. The third-order valence-corrected chi connectivity index (χ3v) is 4.41. The molecule has 1 N–H and O–H groups in total. The van der Waals surface area contributed by atoms with Gasteiger partial charge >= 0.3 is 0 Å². The zero-order chi connectivity index (χ0) is 13.8. The quantitative estimate of drug-likeness (QED) is 0.870. The third kappa shape index (κ3) is 4.01. The van der Waals surface area contributed by atoms with Gasteiger partial charge in [-0.25, -0.2) is 0 Å². The molecular formula is C15H21Cl2NO. The van der Waals surface area contributed by atoms with Crippen LogP contribution >= 0.6 is 23.2 Å². The fourth-order valence-electron chi connectivity index (χ4n) is 2.82. The topological polar surface area (TPSA) is 23.5 Å². The molecule has 0 unspecified atom stereocenters. The van der Waals surface area contributed by atoms with Crippen molar-refractivity contribution in [2.45, 2.75) is 39.2 Å². The maximum atomic E-state index is 9.97. The van der Waals surface area contributed by atoms with Crippen LogP contribution in [0.2, 0.25) is 10.0 Å². The first kappa shape index (κ1) is 15.0. The molecule has 2 rings (SSSR count). The lowest BCUT2D eigenvalue weighted by Crippen LogP contribution is -2.33. The van der Waals surface area contributed by atoms with Crippen LogP contribution in [-0.2, 0) is 6.54 Å². The number of halogens is 2. The van der Waals surface area contributed by atoms with E-state index >= 15 is 0 Å². The number of aromatic hydroxyl groups is 1. The summed E-state index contributed by atoms with van der Waals surface area (Å²) in [6.45, 7) is 5.16. The highest BCUT2D eigenvalue weighted by molar-refractivity contribution is 6.35. The Balaban J connectivity index is 1.96. The van der Waals surface area contributed by atoms with Crippen molar-refractivity contribution in [3.63, 3.8) is 0 Å². The van der Waals surface area contributed by atoms with Gasteiger partial charge in [0.1, 0.15) is 5.75 Å². The van der Waals surface area contributed by atoms with Gasteiger partial charge in [0.15, 0.2) is 0 Å². The zero-order valence-corrected chi connectivity index (χ0v) is 12.8. The Kier molecular flexibility index (Phi) is 5.37. The van der Waals surface area contributed by atoms with E-state index in [2.05, 4.69) is 11.8 Å². The molecule has 1 heterocycles. The molecule has 1 aliphatic rings. The van der Waals surface area contributed by atoms with E-state index in [1.165, 1.54) is 25.7 Å². The fraction of sp³-hybridized carbons (Fsp3) is 0.600. The fourth-order valence-corrected chi connectivity index (χ4v) is 3.36. The first-order chi connectivity index (χ1) is 9.10. The van der Waals surface area contributed by atoms with Crippen LogP contribution in [0.5, 0.6) is 5.75 Å². The summed E-state index contributed by atoms with van der Waals surface area (Å²) < 4.78 is 0. The standard InChI is InChI=1S/C15H21Cl2NO/c1-2-3-11-4-6-18(7-5-11)10-12-8-13(16)9-14(17)15(12)19/h8-9,11,19H,2-7,10H2,1H3. The maximum absolute atomic E-state index is 9.97. The molecule has 0 aliphatic carbocycles. The van der Waals surface area contributed by atoms with Crippen molar-refractivity contribution in [1.82, 2.24) is 4.90 Å². The lowest BCUT2D eigenvalue weighted by Gasteiger charge is -2.32. The summed E-state index contributed by atoms with van der Waals surface area (Å²) in [5, 5.41) is 10.9. The van der Waals surface area contributed by atoms with Gasteiger partial charge in [-0.2, -0.15) is 0 Å². The number of hydrogen-bond donors (Lipinski definition) is 1. The van der Waals surface area contributed by atoms with Crippen LogP contribution < -0.4 is 0 Å². The molecule has 1 saturated heterocycles. The molecule has 19 heavy (non-hydrogen) atoms. The van der Waals surface area contributed by atoms with Crippen molar-refractivity contribution in [1.29, 1.82) is 0 Å². The van der Waals surface area contributed by atoms with Gasteiger partial charge in [-0.1, -0.05) is 43.0 Å². The smallest absolute Gasteiger partial charge is 0.138 e. The summed E-state index contributed by atoms with van der Waals surface area (Å²) >= 11 is 11.9. The molecule has 0 spiro atoms. The Bertz CT molecular complexity index is 428. The minimum atomic E-state index is 0.168. The Morgan fingerprint density at radius 3 is 2.58 bits per heavy atom. The van der Waals surface area contributed by atoms with E-state index in [0.717, 1.165) is 31.1 Å². The van der Waals surface area contributed by atoms with E-state index < -0.39 is 0 Å². The highest BCUT2D eigenvalue weighted by Crippen LogP contribution is 2.33. The van der Waals surface area contributed by atoms with Gasteiger partial charge in [-0.15, -0.1) is 0 Å². The van der Waals surface area contributed by atoms with Crippen molar-refractivity contribution >= 4 is 23.2 Å². The summed E-state index contributed by atoms with van der Waals surface area (Å²) in [6.07, 6.45) is 5.11. The highest BCUT2D eigenvalue weighted by atomic mass is 35.5. The Morgan fingerprint density at radius 2 is 1.95 bits per heavy atom. The van der Waals surface area contributed by atoms with Crippen molar-refractivity contribution < 1.29 is 5.11 Å². The predicted molar refractivity (Wildman–Crippen MR) is 81.0 cm³/mol. The molecule has 0 bridgehead atoms. The molecule has 0 radical (unpaired) electrons. The second-order valence-corrected chi connectivity index (χ2v) is 6.25. The molecule has 4 heteroatoms. The number of benzene rings is 1. The summed E-state index contributed by atoms with van der Waals surface area (Å²) in [4.78, 5) is 2.37. The van der Waals surface area contributed by atoms with Crippen LogP contribution in [0.4, 0.5) is 0 Å². The van der Waals surface area contributed by atoms with E-state index in [1.807, 2.05) is 0 Å². The minimum Gasteiger partial charge on any atom is -0.506 e. The van der Waals surface area contributed by atoms with Gasteiger partial charge in [0, 0.05) is 17.1 Å². The second kappa shape index (κ2) is 6.83. The molecule has 106 valence electrons. The Hall–Kier alpha value is -0.440. The van der Waals surface area contributed by atoms with Crippen molar-refractivity contribution in [2.75, 3.05) is 13.1 Å². The molecule has 1 aromatic carbocycles. The molecular weight excluding hydrogens is 281 g/mol. The van der Waals surface area contributed by atoms with Crippen molar-refractivity contribution in [2.24, 2.45) is 5.92 Å². The maximum Gasteiger partial charge on any atom is 0.138 e. The molecule has 1 fully saturated rings. The van der Waals surface area contributed by atoms with Crippen LogP contribution in [0.15, 0.2) is 12.1 Å². The monoisotopic (exact) mass is 301 g/mol. The SMILES string of the molecule is CCCC1CCN(Cc2cc(Cl)cc(Cl)c2O)CC1. The average molecular weight is 302 g/mol. The normalized spacial score (nSPS) is 17.8. The third-order valence-electron chi connectivity index (χ3n) is 3.91. The van der Waals surface area contributed by atoms with Crippen LogP contribution in [-0.4, -0.2) is 23.1 Å². The van der Waals surface area contributed by atoms with Crippen LogP contribution in [0.25, 0.3) is 0 Å². The van der Waals surface area contributed by atoms with Crippen molar-refractivity contribution in [3.05, 3.63) is 27.7 Å². The van der Waals surface area contributed by atoms with Gasteiger partial charge in [-0.3, -0.25) is 4.90 Å². The van der Waals surface area contributed by atoms with Crippen molar-refractivity contribution in [3.8, 4) is 5.75 Å². The number of phenols is 1. The predicted octanol–water partition coefficient (Wildman–Crippen LogP) is 4.71. The highest BCUT2D eigenvalue weighted by Gasteiger charge is 2.20. The average Bonchev–Trinajstić information content (AvgIpc) is 2.38. The van der Waals surface area contributed by atoms with Crippen LogP contribution in [0, 0.1) is 5.92 Å². The summed E-state index contributed by atoms with van der Waals surface area (Å²) in [5.74, 6) is 1.04. The second-order valence-electron chi connectivity index (χ2n) is 5.40. The van der Waals surface area contributed by atoms with E-state index in [-0.39, 0.29) is 5.75 Å². The van der Waals surface area contributed by atoms with Gasteiger partial charge < -0.3 is 5.11 Å². The molecule has 0 saturated carbocycles. The number of likely N-dealkylation sites (tertiary alicyclic amines) is 1. The first-order valence-electron chi connectivity index (χ1n) is 6.99. The van der Waals surface area contributed by atoms with Crippen LogP contribution in [0.3, 0.4) is 0 Å². The molecule has 1 aromatic rings. The van der Waals surface area contributed by atoms with Crippen LogP contribution in [0.1, 0.15) is 38.2 Å². The summed E-state index contributed by atoms with van der Waals surface area (Å²) in [6, 6.07) is 3.39. The van der Waals surface area contributed by atoms with Gasteiger partial charge in [0.05, 0.1) is 5.02 Å².